The summed E-state index contributed by atoms with van der Waals surface area (Å²) < 4.78 is 0. The van der Waals surface area contributed by atoms with Crippen LogP contribution in [0.5, 0.6) is 0 Å². The number of hydrogen-bond donors (Lipinski definition) is 1. The highest BCUT2D eigenvalue weighted by molar-refractivity contribution is 7.99. The molecule has 1 aromatic heterocycles. The number of aryl methyl sites for hydroxylation is 1. The van der Waals surface area contributed by atoms with Crippen molar-refractivity contribution in [1.29, 1.82) is 0 Å². The molecule has 1 fully saturated rings. The third-order valence-electron chi connectivity index (χ3n) is 2.71. The van der Waals surface area contributed by atoms with Crippen LogP contribution in [0.4, 0.5) is 0 Å². The third kappa shape index (κ3) is 3.47. The number of hydrogen-bond acceptors (Lipinski definition) is 4. The van der Waals surface area contributed by atoms with E-state index < -0.39 is 0 Å². The lowest BCUT2D eigenvalue weighted by atomic mass is 10.1. The van der Waals surface area contributed by atoms with Crippen LogP contribution in [0, 0.1) is 0 Å². The summed E-state index contributed by atoms with van der Waals surface area (Å²) in [6, 6.07) is 0.722. The first-order valence-electron chi connectivity index (χ1n) is 5.63. The second kappa shape index (κ2) is 5.87. The molecule has 4 heteroatoms. The summed E-state index contributed by atoms with van der Waals surface area (Å²) in [6.45, 7) is 3.14. The highest BCUT2D eigenvalue weighted by Crippen LogP contribution is 2.18. The van der Waals surface area contributed by atoms with Gasteiger partial charge in [0.05, 0.1) is 0 Å². The van der Waals surface area contributed by atoms with E-state index in [4.69, 9.17) is 0 Å². The fraction of sp³-hybridized carbons (Fsp3) is 0.727. The van der Waals surface area contributed by atoms with Crippen LogP contribution in [-0.2, 0) is 13.0 Å². The van der Waals surface area contributed by atoms with Gasteiger partial charge in [-0.25, -0.2) is 4.98 Å². The minimum absolute atomic E-state index is 0.722. The molecule has 2 rings (SSSR count). The zero-order valence-corrected chi connectivity index (χ0v) is 10.8. The van der Waals surface area contributed by atoms with E-state index in [0.717, 1.165) is 19.0 Å². The van der Waals surface area contributed by atoms with Crippen molar-refractivity contribution in [3.8, 4) is 0 Å². The van der Waals surface area contributed by atoms with Crippen LogP contribution in [-0.4, -0.2) is 22.5 Å². The SMILES string of the molecule is CCc1cnc(CNC2CCSCC2)s1. The lowest BCUT2D eigenvalue weighted by molar-refractivity contribution is 0.481. The van der Waals surface area contributed by atoms with Gasteiger partial charge < -0.3 is 5.32 Å². The van der Waals surface area contributed by atoms with Gasteiger partial charge in [0, 0.05) is 23.7 Å². The number of rotatable bonds is 4. The van der Waals surface area contributed by atoms with E-state index in [1.807, 2.05) is 17.5 Å². The van der Waals surface area contributed by atoms with Gasteiger partial charge in [-0.1, -0.05) is 6.92 Å². The number of nitrogens with one attached hydrogen (secondary N) is 1. The highest BCUT2D eigenvalue weighted by Gasteiger charge is 2.13. The van der Waals surface area contributed by atoms with Crippen LogP contribution < -0.4 is 5.32 Å². The Bertz CT molecular complexity index is 293. The van der Waals surface area contributed by atoms with Crippen molar-refractivity contribution in [2.24, 2.45) is 0 Å². The predicted octanol–water partition coefficient (Wildman–Crippen LogP) is 2.69. The first kappa shape index (κ1) is 11.4. The van der Waals surface area contributed by atoms with E-state index in [1.165, 1.54) is 34.2 Å². The molecular formula is C11H18N2S2. The van der Waals surface area contributed by atoms with Crippen molar-refractivity contribution in [2.75, 3.05) is 11.5 Å². The van der Waals surface area contributed by atoms with Crippen molar-refractivity contribution < 1.29 is 0 Å². The summed E-state index contributed by atoms with van der Waals surface area (Å²) in [5.74, 6) is 2.63. The fourth-order valence-electron chi connectivity index (χ4n) is 1.73. The maximum atomic E-state index is 4.42. The second-order valence-electron chi connectivity index (χ2n) is 3.84. The summed E-state index contributed by atoms with van der Waals surface area (Å²) in [4.78, 5) is 5.82. The van der Waals surface area contributed by atoms with Gasteiger partial charge in [0.1, 0.15) is 5.01 Å². The van der Waals surface area contributed by atoms with E-state index in [0.29, 0.717) is 0 Å². The van der Waals surface area contributed by atoms with Crippen LogP contribution in [0.1, 0.15) is 29.7 Å². The monoisotopic (exact) mass is 242 g/mol. The second-order valence-corrected chi connectivity index (χ2v) is 6.27. The lowest BCUT2D eigenvalue weighted by Crippen LogP contribution is -2.31. The van der Waals surface area contributed by atoms with Gasteiger partial charge in [0.15, 0.2) is 0 Å². The van der Waals surface area contributed by atoms with Gasteiger partial charge in [0.25, 0.3) is 0 Å². The molecule has 0 amide bonds. The zero-order valence-electron chi connectivity index (χ0n) is 9.16. The van der Waals surface area contributed by atoms with Crippen LogP contribution >= 0.6 is 23.1 Å². The first-order chi connectivity index (χ1) is 7.38. The van der Waals surface area contributed by atoms with Gasteiger partial charge in [-0.3, -0.25) is 0 Å². The Morgan fingerprint density at radius 1 is 1.47 bits per heavy atom. The van der Waals surface area contributed by atoms with E-state index in [1.54, 1.807) is 0 Å². The van der Waals surface area contributed by atoms with E-state index in [9.17, 15) is 0 Å². The molecule has 2 heterocycles. The van der Waals surface area contributed by atoms with Crippen molar-refractivity contribution >= 4 is 23.1 Å². The number of aromatic nitrogens is 1. The molecular weight excluding hydrogens is 224 g/mol. The van der Waals surface area contributed by atoms with Crippen LogP contribution in [0.25, 0.3) is 0 Å². The molecule has 1 aromatic rings. The molecule has 0 saturated carbocycles. The average Bonchev–Trinajstić information content (AvgIpc) is 2.76. The molecule has 1 saturated heterocycles. The summed E-state index contributed by atoms with van der Waals surface area (Å²) >= 11 is 3.92. The maximum Gasteiger partial charge on any atom is 0.107 e. The molecule has 84 valence electrons. The van der Waals surface area contributed by atoms with Crippen LogP contribution in [0.3, 0.4) is 0 Å². The maximum absolute atomic E-state index is 4.42. The minimum atomic E-state index is 0.722. The molecule has 0 aromatic carbocycles. The Morgan fingerprint density at radius 2 is 2.27 bits per heavy atom. The van der Waals surface area contributed by atoms with E-state index in [-0.39, 0.29) is 0 Å². The molecule has 0 unspecified atom stereocenters. The Morgan fingerprint density at radius 3 is 2.93 bits per heavy atom. The molecule has 1 aliphatic rings. The Labute approximate surface area is 99.9 Å². The van der Waals surface area contributed by atoms with E-state index >= 15 is 0 Å². The van der Waals surface area contributed by atoms with E-state index in [2.05, 4.69) is 29.0 Å². The quantitative estimate of drug-likeness (QED) is 0.879. The summed E-state index contributed by atoms with van der Waals surface area (Å²) in [5.41, 5.74) is 0. The standard InChI is InChI=1S/C11H18N2S2/c1-2-10-7-13-11(15-10)8-12-9-3-5-14-6-4-9/h7,9,12H,2-6,8H2,1H3. The first-order valence-corrected chi connectivity index (χ1v) is 7.60. The smallest absolute Gasteiger partial charge is 0.107 e. The minimum Gasteiger partial charge on any atom is -0.308 e. The molecule has 0 aliphatic carbocycles. The van der Waals surface area contributed by atoms with Gasteiger partial charge >= 0.3 is 0 Å². The molecule has 2 nitrogen and oxygen atoms in total. The lowest BCUT2D eigenvalue weighted by Gasteiger charge is -2.21. The molecule has 15 heavy (non-hydrogen) atoms. The average molecular weight is 242 g/mol. The van der Waals surface area contributed by atoms with Crippen molar-refractivity contribution in [2.45, 2.75) is 38.8 Å². The Balaban J connectivity index is 1.76. The molecule has 0 bridgehead atoms. The summed E-state index contributed by atoms with van der Waals surface area (Å²) in [7, 11) is 0. The largest absolute Gasteiger partial charge is 0.308 e. The fourth-order valence-corrected chi connectivity index (χ4v) is 3.65. The van der Waals surface area contributed by atoms with Gasteiger partial charge in [-0.15, -0.1) is 11.3 Å². The van der Waals surface area contributed by atoms with Crippen molar-refractivity contribution in [3.63, 3.8) is 0 Å². The zero-order chi connectivity index (χ0) is 10.5. The van der Waals surface area contributed by atoms with Gasteiger partial charge in [-0.2, -0.15) is 11.8 Å². The Kier molecular flexibility index (Phi) is 4.47. The molecule has 0 spiro atoms. The topological polar surface area (TPSA) is 24.9 Å². The van der Waals surface area contributed by atoms with Gasteiger partial charge in [-0.05, 0) is 30.8 Å². The highest BCUT2D eigenvalue weighted by atomic mass is 32.2. The molecule has 1 N–H and O–H groups in total. The number of thioether (sulfide) groups is 1. The number of nitrogens with zero attached hydrogens (tertiary/aromatic N) is 1. The summed E-state index contributed by atoms with van der Waals surface area (Å²) in [6.07, 6.45) is 5.75. The van der Waals surface area contributed by atoms with Gasteiger partial charge in [0.2, 0.25) is 0 Å². The van der Waals surface area contributed by atoms with Crippen molar-refractivity contribution in [3.05, 3.63) is 16.1 Å². The summed E-state index contributed by atoms with van der Waals surface area (Å²) in [5, 5.41) is 4.85. The molecule has 1 aliphatic heterocycles. The third-order valence-corrected chi connectivity index (χ3v) is 4.90. The molecule has 0 atom stereocenters. The van der Waals surface area contributed by atoms with Crippen LogP contribution in [0.15, 0.2) is 6.20 Å². The Hall–Kier alpha value is -0.0600. The molecule has 0 radical (unpaired) electrons. The normalized spacial score (nSPS) is 18.2. The predicted molar refractivity (Wildman–Crippen MR) is 68.7 cm³/mol. The van der Waals surface area contributed by atoms with Crippen LogP contribution in [0.2, 0.25) is 0 Å². The van der Waals surface area contributed by atoms with Crippen molar-refractivity contribution in [1.82, 2.24) is 10.3 Å². The number of thiazole rings is 1.